The molecule has 1 fully saturated rings. The maximum atomic E-state index is 12.6. The molecule has 45 heavy (non-hydrogen) atoms. The maximum Gasteiger partial charge on any atom is 0.303 e. The monoisotopic (exact) mass is 608 g/mol. The molecule has 8 heteroatoms. The van der Waals surface area contributed by atoms with Gasteiger partial charge in [0, 0.05) is 44.2 Å². The van der Waals surface area contributed by atoms with Crippen molar-refractivity contribution in [2.75, 3.05) is 11.9 Å². The summed E-state index contributed by atoms with van der Waals surface area (Å²) in [5, 5.41) is 12.4. The molecule has 1 aliphatic rings. The van der Waals surface area contributed by atoms with E-state index in [0.29, 0.717) is 18.7 Å². The maximum absolute atomic E-state index is 12.6. The van der Waals surface area contributed by atoms with Gasteiger partial charge >= 0.3 is 5.97 Å². The number of hydrogen-bond donors (Lipinski definition) is 2. The minimum absolute atomic E-state index is 0.0251. The van der Waals surface area contributed by atoms with Crippen LogP contribution in [0, 0.1) is 0 Å². The lowest BCUT2D eigenvalue weighted by molar-refractivity contribution is -0.253. The third kappa shape index (κ3) is 9.33. The van der Waals surface area contributed by atoms with E-state index in [4.69, 9.17) is 14.2 Å². The van der Waals surface area contributed by atoms with Gasteiger partial charge in [0.1, 0.15) is 0 Å². The Balaban J connectivity index is 1.39. The fraction of sp³-hybridized carbons (Fsp3) is 0.297. The van der Waals surface area contributed by atoms with Gasteiger partial charge in [-0.25, -0.2) is 0 Å². The average molecular weight is 609 g/mol. The number of aliphatic hydroxyl groups excluding tert-OH is 1. The molecule has 0 saturated carbocycles. The summed E-state index contributed by atoms with van der Waals surface area (Å²) in [6, 6.07) is 36.0. The standard InChI is InChI=1S/C37H40N2O6/c1-26(43-27(2)41)36(42)38-33-15-9-14-32(20-33)37-44-34(21-35(45-37)31-18-16-30(25-40)17-19-31)24-39(22-28-10-5-3-6-11-28)23-29-12-7-4-8-13-29/h3-20,26,34-35,37,40H,21-25H2,1-2H3,(H,38,42). The largest absolute Gasteiger partial charge is 0.453 e. The Morgan fingerprint density at radius 1 is 0.844 bits per heavy atom. The van der Waals surface area contributed by atoms with Gasteiger partial charge in [0.25, 0.3) is 5.91 Å². The summed E-state index contributed by atoms with van der Waals surface area (Å²) in [5.41, 5.74) is 5.58. The van der Waals surface area contributed by atoms with Gasteiger partial charge in [-0.15, -0.1) is 0 Å². The molecule has 234 valence electrons. The van der Waals surface area contributed by atoms with Crippen LogP contribution in [0.3, 0.4) is 0 Å². The number of aliphatic hydroxyl groups is 1. The van der Waals surface area contributed by atoms with Crippen LogP contribution in [0.5, 0.6) is 0 Å². The van der Waals surface area contributed by atoms with Crippen molar-refractivity contribution in [3.63, 3.8) is 0 Å². The number of carbonyl (C=O) groups is 2. The van der Waals surface area contributed by atoms with Gasteiger partial charge in [0.05, 0.1) is 18.8 Å². The predicted octanol–water partition coefficient (Wildman–Crippen LogP) is 6.32. The SMILES string of the molecule is CC(=O)OC(C)C(=O)Nc1cccc(C2OC(CN(Cc3ccccc3)Cc3ccccc3)CC(c3ccc(CO)cc3)O2)c1. The van der Waals surface area contributed by atoms with Crippen molar-refractivity contribution in [3.8, 4) is 0 Å². The first kappa shape index (κ1) is 32.1. The Morgan fingerprint density at radius 2 is 1.49 bits per heavy atom. The lowest BCUT2D eigenvalue weighted by Gasteiger charge is -2.38. The number of rotatable bonds is 12. The fourth-order valence-electron chi connectivity index (χ4n) is 5.50. The topological polar surface area (TPSA) is 97.3 Å². The molecule has 0 bridgehead atoms. The second-order valence-electron chi connectivity index (χ2n) is 11.4. The summed E-state index contributed by atoms with van der Waals surface area (Å²) < 4.78 is 18.2. The smallest absolute Gasteiger partial charge is 0.303 e. The molecule has 8 nitrogen and oxygen atoms in total. The van der Waals surface area contributed by atoms with Crippen molar-refractivity contribution in [2.45, 2.75) is 64.6 Å². The van der Waals surface area contributed by atoms with Crippen LogP contribution < -0.4 is 5.32 Å². The molecular formula is C37H40N2O6. The van der Waals surface area contributed by atoms with E-state index in [9.17, 15) is 14.7 Å². The summed E-state index contributed by atoms with van der Waals surface area (Å²) in [6.45, 7) is 4.97. The molecule has 1 amide bonds. The highest BCUT2D eigenvalue weighted by atomic mass is 16.7. The van der Waals surface area contributed by atoms with Crippen molar-refractivity contribution in [1.29, 1.82) is 0 Å². The summed E-state index contributed by atoms with van der Waals surface area (Å²) in [6.07, 6.45) is -1.39. The molecule has 2 N–H and O–H groups in total. The predicted molar refractivity (Wildman–Crippen MR) is 172 cm³/mol. The van der Waals surface area contributed by atoms with Gasteiger partial charge in [0.2, 0.25) is 0 Å². The second kappa shape index (κ2) is 15.6. The molecule has 4 unspecified atom stereocenters. The molecule has 0 radical (unpaired) electrons. The van der Waals surface area contributed by atoms with Gasteiger partial charge in [0.15, 0.2) is 12.4 Å². The fourth-order valence-corrected chi connectivity index (χ4v) is 5.50. The Kier molecular flexibility index (Phi) is 11.1. The van der Waals surface area contributed by atoms with E-state index in [1.807, 2.05) is 54.6 Å². The van der Waals surface area contributed by atoms with Crippen molar-refractivity contribution in [1.82, 2.24) is 4.90 Å². The molecule has 1 heterocycles. The van der Waals surface area contributed by atoms with E-state index < -0.39 is 24.3 Å². The molecule has 4 aromatic rings. The van der Waals surface area contributed by atoms with Gasteiger partial charge in [-0.3, -0.25) is 14.5 Å². The van der Waals surface area contributed by atoms with Crippen molar-refractivity contribution < 1.29 is 28.9 Å². The molecular weight excluding hydrogens is 568 g/mol. The average Bonchev–Trinajstić information content (AvgIpc) is 3.05. The highest BCUT2D eigenvalue weighted by Crippen LogP contribution is 2.39. The van der Waals surface area contributed by atoms with E-state index in [2.05, 4.69) is 58.7 Å². The number of nitrogens with zero attached hydrogens (tertiary/aromatic N) is 1. The Hall–Kier alpha value is -4.34. The zero-order valence-electron chi connectivity index (χ0n) is 25.7. The first-order chi connectivity index (χ1) is 21.9. The van der Waals surface area contributed by atoms with Crippen LogP contribution in [0.25, 0.3) is 0 Å². The second-order valence-corrected chi connectivity index (χ2v) is 11.4. The highest BCUT2D eigenvalue weighted by Gasteiger charge is 2.33. The Labute approximate surface area is 264 Å². The molecule has 0 aliphatic carbocycles. The van der Waals surface area contributed by atoms with Gasteiger partial charge in [-0.2, -0.15) is 0 Å². The lowest BCUT2D eigenvalue weighted by Crippen LogP contribution is -2.39. The summed E-state index contributed by atoms with van der Waals surface area (Å²) in [7, 11) is 0. The summed E-state index contributed by atoms with van der Waals surface area (Å²) in [5.74, 6) is -0.946. The number of esters is 1. The molecule has 4 atom stereocenters. The number of carbonyl (C=O) groups excluding carboxylic acids is 2. The Bertz CT molecular complexity index is 1490. The van der Waals surface area contributed by atoms with E-state index >= 15 is 0 Å². The lowest BCUT2D eigenvalue weighted by atomic mass is 9.99. The van der Waals surface area contributed by atoms with Crippen molar-refractivity contribution in [3.05, 3.63) is 137 Å². The van der Waals surface area contributed by atoms with Crippen LogP contribution in [0.1, 0.15) is 60.5 Å². The highest BCUT2D eigenvalue weighted by molar-refractivity contribution is 5.95. The molecule has 0 spiro atoms. The number of benzene rings is 4. The number of amides is 1. The molecule has 0 aromatic heterocycles. The Morgan fingerprint density at radius 3 is 2.09 bits per heavy atom. The quantitative estimate of drug-likeness (QED) is 0.182. The van der Waals surface area contributed by atoms with E-state index in [0.717, 1.165) is 29.8 Å². The first-order valence-corrected chi connectivity index (χ1v) is 15.2. The van der Waals surface area contributed by atoms with E-state index in [1.165, 1.54) is 25.0 Å². The van der Waals surface area contributed by atoms with Crippen LogP contribution >= 0.6 is 0 Å². The normalized spacial score (nSPS) is 18.7. The first-order valence-electron chi connectivity index (χ1n) is 15.2. The summed E-state index contributed by atoms with van der Waals surface area (Å²) >= 11 is 0. The van der Waals surface area contributed by atoms with Crippen molar-refractivity contribution >= 4 is 17.6 Å². The minimum Gasteiger partial charge on any atom is -0.453 e. The van der Waals surface area contributed by atoms with Crippen LogP contribution in [-0.4, -0.2) is 40.6 Å². The van der Waals surface area contributed by atoms with Crippen LogP contribution in [-0.2, 0) is 43.5 Å². The summed E-state index contributed by atoms with van der Waals surface area (Å²) in [4.78, 5) is 26.3. The minimum atomic E-state index is -0.927. The van der Waals surface area contributed by atoms with E-state index in [1.54, 1.807) is 6.07 Å². The zero-order valence-corrected chi connectivity index (χ0v) is 25.7. The van der Waals surface area contributed by atoms with Crippen LogP contribution in [0.15, 0.2) is 109 Å². The number of anilines is 1. The zero-order chi connectivity index (χ0) is 31.6. The third-order valence-corrected chi connectivity index (χ3v) is 7.71. The molecule has 4 aromatic carbocycles. The molecule has 5 rings (SSSR count). The number of hydrogen-bond acceptors (Lipinski definition) is 7. The number of ether oxygens (including phenoxy) is 3. The third-order valence-electron chi connectivity index (χ3n) is 7.71. The van der Waals surface area contributed by atoms with Crippen molar-refractivity contribution in [2.24, 2.45) is 0 Å². The van der Waals surface area contributed by atoms with Crippen LogP contribution in [0.4, 0.5) is 5.69 Å². The number of nitrogens with one attached hydrogen (secondary N) is 1. The molecule has 1 saturated heterocycles. The van der Waals surface area contributed by atoms with E-state index in [-0.39, 0.29) is 18.8 Å². The van der Waals surface area contributed by atoms with Crippen LogP contribution in [0.2, 0.25) is 0 Å². The van der Waals surface area contributed by atoms with Gasteiger partial charge in [-0.05, 0) is 41.3 Å². The molecule has 1 aliphatic heterocycles. The van der Waals surface area contributed by atoms with Gasteiger partial charge in [-0.1, -0.05) is 97.1 Å². The van der Waals surface area contributed by atoms with Gasteiger partial charge < -0.3 is 24.6 Å².